The molecule has 0 radical (unpaired) electrons. The van der Waals surface area contributed by atoms with Crippen molar-refractivity contribution in [2.24, 2.45) is 5.92 Å². The van der Waals surface area contributed by atoms with Gasteiger partial charge in [0.25, 0.3) is 0 Å². The first-order valence-corrected chi connectivity index (χ1v) is 6.14. The summed E-state index contributed by atoms with van der Waals surface area (Å²) in [6.07, 6.45) is 0.245. The maximum absolute atomic E-state index is 12.3. The lowest BCUT2D eigenvalue weighted by molar-refractivity contribution is -0.137. The molecule has 1 aliphatic rings. The van der Waals surface area contributed by atoms with Crippen LogP contribution < -0.4 is 4.74 Å². The van der Waals surface area contributed by atoms with E-state index in [1.54, 1.807) is 0 Å². The average molecular weight is 273 g/mol. The normalized spacial score (nSPS) is 23.9. The van der Waals surface area contributed by atoms with E-state index < -0.39 is 11.7 Å². The van der Waals surface area contributed by atoms with Crippen LogP contribution in [0.1, 0.15) is 31.2 Å². The van der Waals surface area contributed by atoms with Gasteiger partial charge in [-0.05, 0) is 31.7 Å². The standard InChI is InChI=1S/C13H14F3NO2/c14-13(15,16)10-3-6-12(17-7-10)19-11-4-1-9(8-18)2-5-11/h3,6-9,11H,1-2,4-5H2. The van der Waals surface area contributed by atoms with E-state index in [0.717, 1.165) is 44.2 Å². The van der Waals surface area contributed by atoms with Gasteiger partial charge in [-0.1, -0.05) is 0 Å². The molecule has 0 bridgehead atoms. The minimum atomic E-state index is -4.38. The van der Waals surface area contributed by atoms with Crippen LogP contribution in [-0.4, -0.2) is 17.4 Å². The van der Waals surface area contributed by atoms with Crippen LogP contribution in [-0.2, 0) is 11.0 Å². The zero-order valence-electron chi connectivity index (χ0n) is 10.2. The minimum absolute atomic E-state index is 0.0690. The van der Waals surface area contributed by atoms with Crippen molar-refractivity contribution in [3.63, 3.8) is 0 Å². The second-order valence-corrected chi connectivity index (χ2v) is 4.67. The Hall–Kier alpha value is -1.59. The molecule has 1 aromatic heterocycles. The van der Waals surface area contributed by atoms with Gasteiger partial charge in [0.1, 0.15) is 12.4 Å². The fraction of sp³-hybridized carbons (Fsp3) is 0.538. The molecule has 0 atom stereocenters. The zero-order valence-corrected chi connectivity index (χ0v) is 10.2. The summed E-state index contributed by atoms with van der Waals surface area (Å²) in [5, 5.41) is 0. The van der Waals surface area contributed by atoms with Crippen molar-refractivity contribution < 1.29 is 22.7 Å². The monoisotopic (exact) mass is 273 g/mol. The summed E-state index contributed by atoms with van der Waals surface area (Å²) in [4.78, 5) is 14.3. The van der Waals surface area contributed by atoms with Gasteiger partial charge in [-0.3, -0.25) is 0 Å². The fourth-order valence-corrected chi connectivity index (χ4v) is 2.13. The molecule has 0 aromatic carbocycles. The number of ether oxygens (including phenoxy) is 1. The van der Waals surface area contributed by atoms with Crippen molar-refractivity contribution in [1.82, 2.24) is 4.98 Å². The first-order chi connectivity index (χ1) is 8.99. The Balaban J connectivity index is 1.92. The molecule has 6 heteroatoms. The van der Waals surface area contributed by atoms with Crippen LogP contribution >= 0.6 is 0 Å². The molecule has 1 saturated carbocycles. The molecule has 3 nitrogen and oxygen atoms in total. The Labute approximate surface area is 108 Å². The lowest BCUT2D eigenvalue weighted by Gasteiger charge is -2.25. The molecule has 0 N–H and O–H groups in total. The predicted octanol–water partition coefficient (Wildman–Crippen LogP) is 3.24. The molecule has 1 fully saturated rings. The van der Waals surface area contributed by atoms with E-state index in [0.29, 0.717) is 0 Å². The lowest BCUT2D eigenvalue weighted by atomic mass is 9.88. The average Bonchev–Trinajstić information content (AvgIpc) is 2.39. The van der Waals surface area contributed by atoms with E-state index in [-0.39, 0.29) is 17.9 Å². The topological polar surface area (TPSA) is 39.2 Å². The number of pyridine rings is 1. The minimum Gasteiger partial charge on any atom is -0.474 e. The van der Waals surface area contributed by atoms with Crippen LogP contribution in [0.3, 0.4) is 0 Å². The number of hydrogen-bond donors (Lipinski definition) is 0. The predicted molar refractivity (Wildman–Crippen MR) is 61.7 cm³/mol. The molecule has 2 rings (SSSR count). The molecule has 1 aromatic rings. The van der Waals surface area contributed by atoms with Crippen LogP contribution in [0.15, 0.2) is 18.3 Å². The van der Waals surface area contributed by atoms with Crippen molar-refractivity contribution in [2.45, 2.75) is 38.0 Å². The number of aldehydes is 1. The highest BCUT2D eigenvalue weighted by molar-refractivity contribution is 5.53. The van der Waals surface area contributed by atoms with E-state index in [9.17, 15) is 18.0 Å². The van der Waals surface area contributed by atoms with E-state index >= 15 is 0 Å². The van der Waals surface area contributed by atoms with Crippen LogP contribution in [0.2, 0.25) is 0 Å². The highest BCUT2D eigenvalue weighted by atomic mass is 19.4. The van der Waals surface area contributed by atoms with E-state index in [4.69, 9.17) is 4.74 Å². The van der Waals surface area contributed by atoms with Crippen molar-refractivity contribution in [3.8, 4) is 5.88 Å². The van der Waals surface area contributed by atoms with Crippen LogP contribution in [0.5, 0.6) is 5.88 Å². The van der Waals surface area contributed by atoms with Gasteiger partial charge >= 0.3 is 6.18 Å². The number of halogens is 3. The summed E-state index contributed by atoms with van der Waals surface area (Å²) in [5.74, 6) is 0.281. The summed E-state index contributed by atoms with van der Waals surface area (Å²) in [5.41, 5.74) is -0.787. The summed E-state index contributed by atoms with van der Waals surface area (Å²) in [7, 11) is 0. The Bertz CT molecular complexity index is 423. The number of nitrogens with zero attached hydrogens (tertiary/aromatic N) is 1. The molecule has 1 aliphatic carbocycles. The Kier molecular flexibility index (Phi) is 4.07. The summed E-state index contributed by atoms with van der Waals surface area (Å²) >= 11 is 0. The molecular weight excluding hydrogens is 259 g/mol. The number of hydrogen-bond acceptors (Lipinski definition) is 3. The van der Waals surface area contributed by atoms with Gasteiger partial charge in [0, 0.05) is 18.2 Å². The van der Waals surface area contributed by atoms with E-state index in [1.165, 1.54) is 6.07 Å². The lowest BCUT2D eigenvalue weighted by Crippen LogP contribution is -2.25. The van der Waals surface area contributed by atoms with Gasteiger partial charge in [-0.2, -0.15) is 13.2 Å². The Morgan fingerprint density at radius 3 is 2.37 bits per heavy atom. The summed E-state index contributed by atoms with van der Waals surface area (Å²) in [6, 6.07) is 2.19. The molecule has 0 amide bonds. The number of rotatable bonds is 3. The maximum atomic E-state index is 12.3. The number of alkyl halides is 3. The summed E-state index contributed by atoms with van der Waals surface area (Å²) in [6.45, 7) is 0. The van der Waals surface area contributed by atoms with Crippen LogP contribution in [0.25, 0.3) is 0 Å². The SMILES string of the molecule is O=CC1CCC(Oc2ccc(C(F)(F)F)cn2)CC1. The largest absolute Gasteiger partial charge is 0.474 e. The molecule has 1 heterocycles. The molecule has 0 saturated heterocycles. The van der Waals surface area contributed by atoms with Gasteiger partial charge < -0.3 is 9.53 Å². The smallest absolute Gasteiger partial charge is 0.417 e. The zero-order chi connectivity index (χ0) is 13.9. The first-order valence-electron chi connectivity index (χ1n) is 6.14. The molecular formula is C13H14F3NO2. The van der Waals surface area contributed by atoms with Crippen molar-refractivity contribution in [3.05, 3.63) is 23.9 Å². The van der Waals surface area contributed by atoms with Gasteiger partial charge in [-0.25, -0.2) is 4.98 Å². The quantitative estimate of drug-likeness (QED) is 0.794. The third-order valence-corrected chi connectivity index (χ3v) is 3.26. The summed E-state index contributed by atoms with van der Waals surface area (Å²) < 4.78 is 42.6. The number of carbonyl (C=O) groups is 1. The van der Waals surface area contributed by atoms with Crippen molar-refractivity contribution >= 4 is 6.29 Å². The first kappa shape index (κ1) is 13.8. The Morgan fingerprint density at radius 2 is 1.89 bits per heavy atom. The van der Waals surface area contributed by atoms with Crippen LogP contribution in [0.4, 0.5) is 13.2 Å². The van der Waals surface area contributed by atoms with Crippen molar-refractivity contribution in [1.29, 1.82) is 0 Å². The highest BCUT2D eigenvalue weighted by Gasteiger charge is 2.31. The van der Waals surface area contributed by atoms with E-state index in [2.05, 4.69) is 4.98 Å². The van der Waals surface area contributed by atoms with Crippen LogP contribution in [0, 0.1) is 5.92 Å². The molecule has 0 unspecified atom stereocenters. The number of aromatic nitrogens is 1. The third-order valence-electron chi connectivity index (χ3n) is 3.26. The third kappa shape index (κ3) is 3.68. The second-order valence-electron chi connectivity index (χ2n) is 4.67. The van der Waals surface area contributed by atoms with E-state index in [1.807, 2.05) is 0 Å². The van der Waals surface area contributed by atoms with Gasteiger partial charge in [0.15, 0.2) is 0 Å². The Morgan fingerprint density at radius 1 is 1.21 bits per heavy atom. The highest BCUT2D eigenvalue weighted by Crippen LogP contribution is 2.30. The molecule has 104 valence electrons. The molecule has 0 aliphatic heterocycles. The van der Waals surface area contributed by atoms with Gasteiger partial charge in [0.2, 0.25) is 5.88 Å². The maximum Gasteiger partial charge on any atom is 0.417 e. The molecule has 19 heavy (non-hydrogen) atoms. The molecule has 0 spiro atoms. The number of carbonyl (C=O) groups excluding carboxylic acids is 1. The van der Waals surface area contributed by atoms with Gasteiger partial charge in [-0.15, -0.1) is 0 Å². The van der Waals surface area contributed by atoms with Gasteiger partial charge in [0.05, 0.1) is 5.56 Å². The van der Waals surface area contributed by atoms with Crippen molar-refractivity contribution in [2.75, 3.05) is 0 Å². The second kappa shape index (κ2) is 5.59. The fourth-order valence-electron chi connectivity index (χ4n) is 2.13.